The Kier molecular flexibility index (Phi) is 1.51. The summed E-state index contributed by atoms with van der Waals surface area (Å²) in [5.74, 6) is -1.20. The largest absolute Gasteiger partial charge is 0.396 e. The number of hydrogen-bond acceptors (Lipinski definition) is 2. The molecule has 0 aliphatic rings. The highest BCUT2D eigenvalue weighted by Gasteiger charge is 2.10. The van der Waals surface area contributed by atoms with Crippen molar-refractivity contribution in [2.45, 2.75) is 0 Å². The first-order chi connectivity index (χ1) is 5.70. The number of halogens is 2. The van der Waals surface area contributed by atoms with Crippen LogP contribution in [0, 0.1) is 11.6 Å². The fourth-order valence-electron chi connectivity index (χ4n) is 1.07. The molecule has 4 heteroatoms. The monoisotopic (exact) mass is 185 g/mol. The highest BCUT2D eigenvalue weighted by atomic mass is 32.1. The van der Waals surface area contributed by atoms with E-state index in [1.54, 1.807) is 6.07 Å². The van der Waals surface area contributed by atoms with Crippen LogP contribution in [0.5, 0.6) is 0 Å². The molecule has 0 bridgehead atoms. The van der Waals surface area contributed by atoms with E-state index >= 15 is 0 Å². The molecule has 0 aliphatic heterocycles. The van der Waals surface area contributed by atoms with Crippen molar-refractivity contribution in [3.63, 3.8) is 0 Å². The first kappa shape index (κ1) is 7.49. The van der Waals surface area contributed by atoms with E-state index in [0.717, 1.165) is 0 Å². The Hall–Kier alpha value is -1.16. The van der Waals surface area contributed by atoms with Crippen molar-refractivity contribution in [1.82, 2.24) is 0 Å². The van der Waals surface area contributed by atoms with Gasteiger partial charge in [-0.3, -0.25) is 0 Å². The molecule has 1 aromatic carbocycles. The van der Waals surface area contributed by atoms with Gasteiger partial charge >= 0.3 is 0 Å². The first-order valence-corrected chi connectivity index (χ1v) is 4.19. The number of nitrogen functional groups attached to an aromatic ring is 1. The number of benzene rings is 1. The van der Waals surface area contributed by atoms with Crippen molar-refractivity contribution >= 4 is 27.1 Å². The number of fused-ring (bicyclic) bond motifs is 1. The van der Waals surface area contributed by atoms with Crippen LogP contribution in [0.3, 0.4) is 0 Å². The van der Waals surface area contributed by atoms with Gasteiger partial charge in [0.05, 0.1) is 11.1 Å². The standard InChI is InChI=1S/C8H5F2NS/c9-4-3-12-6-2-1-5(11)8(10)7(4)6/h1-3H,11H2. The zero-order valence-electron chi connectivity index (χ0n) is 5.97. The maximum atomic E-state index is 13.1. The summed E-state index contributed by atoms with van der Waals surface area (Å²) in [4.78, 5) is 0. The Morgan fingerprint density at radius 1 is 1.25 bits per heavy atom. The van der Waals surface area contributed by atoms with Crippen molar-refractivity contribution in [3.05, 3.63) is 29.1 Å². The van der Waals surface area contributed by atoms with Crippen LogP contribution in [0.1, 0.15) is 0 Å². The maximum absolute atomic E-state index is 13.1. The Morgan fingerprint density at radius 3 is 2.75 bits per heavy atom. The molecule has 0 radical (unpaired) electrons. The summed E-state index contributed by atoms with van der Waals surface area (Å²) in [6, 6.07) is 3.05. The summed E-state index contributed by atoms with van der Waals surface area (Å²) in [5, 5.41) is 1.27. The number of anilines is 1. The molecule has 1 nitrogen and oxygen atoms in total. The van der Waals surface area contributed by atoms with Gasteiger partial charge in [0.25, 0.3) is 0 Å². The van der Waals surface area contributed by atoms with Crippen molar-refractivity contribution in [2.24, 2.45) is 0 Å². The minimum atomic E-state index is -0.661. The Labute approximate surface area is 71.4 Å². The normalized spacial score (nSPS) is 10.8. The molecule has 1 heterocycles. The van der Waals surface area contributed by atoms with Crippen LogP contribution in [0.25, 0.3) is 10.1 Å². The minimum absolute atomic E-state index is 0.000000000000000222. The fourth-order valence-corrected chi connectivity index (χ4v) is 1.87. The third kappa shape index (κ3) is 0.881. The second-order valence-electron chi connectivity index (χ2n) is 2.43. The molecule has 0 atom stereocenters. The van der Waals surface area contributed by atoms with Crippen molar-refractivity contribution < 1.29 is 8.78 Å². The van der Waals surface area contributed by atoms with Gasteiger partial charge in [0.1, 0.15) is 5.82 Å². The van der Waals surface area contributed by atoms with E-state index in [0.29, 0.717) is 4.70 Å². The van der Waals surface area contributed by atoms with Crippen LogP contribution in [0.2, 0.25) is 0 Å². The van der Waals surface area contributed by atoms with E-state index in [1.807, 2.05) is 0 Å². The highest BCUT2D eigenvalue weighted by Crippen LogP contribution is 2.29. The summed E-state index contributed by atoms with van der Waals surface area (Å²) >= 11 is 1.17. The molecule has 0 fully saturated rings. The molecule has 2 aromatic rings. The molecule has 0 amide bonds. The van der Waals surface area contributed by atoms with Crippen molar-refractivity contribution in [3.8, 4) is 0 Å². The molecule has 0 saturated heterocycles. The number of nitrogens with two attached hydrogens (primary N) is 1. The van der Waals surface area contributed by atoms with E-state index < -0.39 is 11.6 Å². The summed E-state index contributed by atoms with van der Waals surface area (Å²) < 4.78 is 26.6. The SMILES string of the molecule is Nc1ccc2scc(F)c2c1F. The van der Waals surface area contributed by atoms with Crippen LogP contribution in [0.4, 0.5) is 14.5 Å². The molecule has 0 aliphatic carbocycles. The summed E-state index contributed by atoms with van der Waals surface area (Å²) in [6.07, 6.45) is 0. The van der Waals surface area contributed by atoms with Gasteiger partial charge in [0.15, 0.2) is 5.82 Å². The third-order valence-corrected chi connectivity index (χ3v) is 2.58. The zero-order chi connectivity index (χ0) is 8.72. The fraction of sp³-hybridized carbons (Fsp3) is 0. The van der Waals surface area contributed by atoms with Crippen LogP contribution >= 0.6 is 11.3 Å². The van der Waals surface area contributed by atoms with E-state index in [9.17, 15) is 8.78 Å². The molecule has 2 rings (SSSR count). The number of hydrogen-bond donors (Lipinski definition) is 1. The number of rotatable bonds is 0. The highest BCUT2D eigenvalue weighted by molar-refractivity contribution is 7.17. The smallest absolute Gasteiger partial charge is 0.157 e. The number of thiophene rings is 1. The lowest BCUT2D eigenvalue weighted by Crippen LogP contribution is -1.90. The van der Waals surface area contributed by atoms with Gasteiger partial charge in [-0.05, 0) is 12.1 Å². The average molecular weight is 185 g/mol. The van der Waals surface area contributed by atoms with E-state index in [2.05, 4.69) is 0 Å². The van der Waals surface area contributed by atoms with Crippen LogP contribution in [0.15, 0.2) is 17.5 Å². The zero-order valence-corrected chi connectivity index (χ0v) is 6.79. The lowest BCUT2D eigenvalue weighted by Gasteiger charge is -1.96. The molecule has 2 N–H and O–H groups in total. The lowest BCUT2D eigenvalue weighted by atomic mass is 10.2. The second-order valence-corrected chi connectivity index (χ2v) is 3.34. The quantitative estimate of drug-likeness (QED) is 0.627. The van der Waals surface area contributed by atoms with E-state index in [1.165, 1.54) is 22.8 Å². The minimum Gasteiger partial charge on any atom is -0.396 e. The molecular formula is C8H5F2NS. The van der Waals surface area contributed by atoms with Crippen LogP contribution < -0.4 is 5.73 Å². The third-order valence-electron chi connectivity index (χ3n) is 1.66. The van der Waals surface area contributed by atoms with Gasteiger partial charge in [-0.25, -0.2) is 8.78 Å². The van der Waals surface area contributed by atoms with Crippen molar-refractivity contribution in [2.75, 3.05) is 5.73 Å². The predicted octanol–water partition coefficient (Wildman–Crippen LogP) is 2.76. The summed E-state index contributed by atoms with van der Waals surface area (Å²) in [6.45, 7) is 0. The lowest BCUT2D eigenvalue weighted by molar-refractivity contribution is 0.614. The van der Waals surface area contributed by atoms with Crippen LogP contribution in [-0.4, -0.2) is 0 Å². The first-order valence-electron chi connectivity index (χ1n) is 3.31. The Morgan fingerprint density at radius 2 is 2.00 bits per heavy atom. The van der Waals surface area contributed by atoms with Gasteiger partial charge in [0.2, 0.25) is 0 Å². The topological polar surface area (TPSA) is 26.0 Å². The molecule has 0 saturated carbocycles. The van der Waals surface area contributed by atoms with Gasteiger partial charge in [0, 0.05) is 10.1 Å². The maximum Gasteiger partial charge on any atom is 0.157 e. The predicted molar refractivity (Wildman–Crippen MR) is 46.2 cm³/mol. The van der Waals surface area contributed by atoms with Crippen LogP contribution in [-0.2, 0) is 0 Å². The average Bonchev–Trinajstić information content (AvgIpc) is 2.41. The molecule has 1 aromatic heterocycles. The van der Waals surface area contributed by atoms with Gasteiger partial charge < -0.3 is 5.73 Å². The molecule has 0 unspecified atom stereocenters. The Balaban J connectivity index is 2.96. The second kappa shape index (κ2) is 2.42. The van der Waals surface area contributed by atoms with E-state index in [-0.39, 0.29) is 11.1 Å². The van der Waals surface area contributed by atoms with Gasteiger partial charge in [-0.15, -0.1) is 11.3 Å². The Bertz CT molecular complexity index is 436. The molecule has 0 spiro atoms. The van der Waals surface area contributed by atoms with Gasteiger partial charge in [-0.1, -0.05) is 0 Å². The van der Waals surface area contributed by atoms with E-state index in [4.69, 9.17) is 5.73 Å². The van der Waals surface area contributed by atoms with Gasteiger partial charge in [-0.2, -0.15) is 0 Å². The summed E-state index contributed by atoms with van der Waals surface area (Å²) in [5.41, 5.74) is 5.26. The van der Waals surface area contributed by atoms with Crippen molar-refractivity contribution in [1.29, 1.82) is 0 Å². The molecule has 12 heavy (non-hydrogen) atoms. The molecule has 62 valence electrons. The summed E-state index contributed by atoms with van der Waals surface area (Å²) in [7, 11) is 0. The molecular weight excluding hydrogens is 180 g/mol.